The number of aromatic nitrogens is 2. The second-order valence-electron chi connectivity index (χ2n) is 6.04. The fourth-order valence-electron chi connectivity index (χ4n) is 2.74. The molecule has 3 aromatic rings. The summed E-state index contributed by atoms with van der Waals surface area (Å²) in [5.74, 6) is 1.08. The van der Waals surface area contributed by atoms with E-state index in [1.54, 1.807) is 6.26 Å². The lowest BCUT2D eigenvalue weighted by atomic mass is 10.2. The van der Waals surface area contributed by atoms with E-state index in [0.29, 0.717) is 18.3 Å². The van der Waals surface area contributed by atoms with E-state index >= 15 is 0 Å². The summed E-state index contributed by atoms with van der Waals surface area (Å²) < 4.78 is 7.50. The van der Waals surface area contributed by atoms with Gasteiger partial charge in [0.25, 0.3) is 0 Å². The van der Waals surface area contributed by atoms with Crippen LogP contribution >= 0.6 is 11.8 Å². The van der Waals surface area contributed by atoms with Crippen molar-refractivity contribution in [3.8, 4) is 11.3 Å². The molecule has 6 heteroatoms. The number of carbonyl (C=O) groups is 1. The number of nitrogens with zero attached hydrogens (tertiary/aromatic N) is 2. The first-order valence-corrected chi connectivity index (χ1v) is 9.34. The fourth-order valence-corrected chi connectivity index (χ4v) is 3.61. The molecule has 1 aliphatic carbocycles. The highest BCUT2D eigenvalue weighted by atomic mass is 32.2. The highest BCUT2D eigenvalue weighted by molar-refractivity contribution is 7.99. The predicted octanol–water partition coefficient (Wildman–Crippen LogP) is 3.89. The van der Waals surface area contributed by atoms with Crippen molar-refractivity contribution >= 4 is 17.7 Å². The summed E-state index contributed by atoms with van der Waals surface area (Å²) in [5.41, 5.74) is 2.29. The van der Waals surface area contributed by atoms with Gasteiger partial charge in [-0.25, -0.2) is 4.98 Å². The Kier molecular flexibility index (Phi) is 4.61. The molecular weight excluding hydrogens is 334 g/mol. The van der Waals surface area contributed by atoms with E-state index in [9.17, 15) is 4.79 Å². The molecule has 128 valence electrons. The first kappa shape index (κ1) is 16.0. The van der Waals surface area contributed by atoms with Crippen LogP contribution < -0.4 is 5.32 Å². The summed E-state index contributed by atoms with van der Waals surface area (Å²) >= 11 is 1.49. The Morgan fingerprint density at radius 3 is 2.80 bits per heavy atom. The third-order valence-corrected chi connectivity index (χ3v) is 5.08. The van der Waals surface area contributed by atoms with E-state index in [1.165, 1.54) is 24.6 Å². The molecule has 1 fully saturated rings. The largest absolute Gasteiger partial charge is 0.467 e. The summed E-state index contributed by atoms with van der Waals surface area (Å²) in [6.45, 7) is 0.415. The Balaban J connectivity index is 1.42. The number of thioether (sulfide) groups is 1. The van der Waals surface area contributed by atoms with Crippen LogP contribution in [0.4, 0.5) is 0 Å². The Morgan fingerprint density at radius 1 is 1.24 bits per heavy atom. The zero-order valence-electron chi connectivity index (χ0n) is 13.7. The molecule has 0 saturated heterocycles. The molecule has 25 heavy (non-hydrogen) atoms. The number of benzene rings is 1. The number of furan rings is 1. The lowest BCUT2D eigenvalue weighted by Gasteiger charge is -2.10. The molecule has 1 N–H and O–H groups in total. The van der Waals surface area contributed by atoms with Crippen molar-refractivity contribution in [3.05, 3.63) is 60.7 Å². The van der Waals surface area contributed by atoms with Crippen LogP contribution in [0.5, 0.6) is 0 Å². The third kappa shape index (κ3) is 3.79. The van der Waals surface area contributed by atoms with Crippen LogP contribution in [0.2, 0.25) is 0 Å². The molecule has 0 unspecified atom stereocenters. The van der Waals surface area contributed by atoms with Gasteiger partial charge in [0.2, 0.25) is 5.91 Å². The lowest BCUT2D eigenvalue weighted by Crippen LogP contribution is -2.24. The van der Waals surface area contributed by atoms with Crippen LogP contribution in [-0.4, -0.2) is 21.2 Å². The maximum atomic E-state index is 12.1. The molecule has 0 spiro atoms. The Labute approximate surface area is 150 Å². The number of imidazole rings is 1. The summed E-state index contributed by atoms with van der Waals surface area (Å²) in [6, 6.07) is 14.4. The van der Waals surface area contributed by atoms with Crippen molar-refractivity contribution in [3.63, 3.8) is 0 Å². The average molecular weight is 353 g/mol. The molecule has 5 nitrogen and oxygen atoms in total. The number of rotatable bonds is 7. The molecule has 2 heterocycles. The second kappa shape index (κ2) is 7.19. The van der Waals surface area contributed by atoms with Gasteiger partial charge in [-0.3, -0.25) is 4.79 Å². The Morgan fingerprint density at radius 2 is 2.08 bits per heavy atom. The van der Waals surface area contributed by atoms with Gasteiger partial charge in [0.05, 0.1) is 30.5 Å². The molecule has 0 atom stereocenters. The molecule has 1 aromatic carbocycles. The van der Waals surface area contributed by atoms with Gasteiger partial charge in [-0.05, 0) is 30.5 Å². The molecule has 1 amide bonds. The number of hydrogen-bond acceptors (Lipinski definition) is 4. The molecule has 1 aliphatic rings. The van der Waals surface area contributed by atoms with Gasteiger partial charge in [0, 0.05) is 6.04 Å². The molecule has 0 bridgehead atoms. The number of amides is 1. The van der Waals surface area contributed by atoms with Crippen LogP contribution in [0.1, 0.15) is 24.6 Å². The zero-order valence-corrected chi connectivity index (χ0v) is 14.5. The smallest absolute Gasteiger partial charge is 0.230 e. The second-order valence-corrected chi connectivity index (χ2v) is 6.98. The summed E-state index contributed by atoms with van der Waals surface area (Å²) in [5, 5.41) is 3.78. The van der Waals surface area contributed by atoms with E-state index < -0.39 is 0 Å². The molecule has 0 aliphatic heterocycles. The minimum absolute atomic E-state index is 0.0204. The summed E-state index contributed by atoms with van der Waals surface area (Å²) in [4.78, 5) is 16.6. The highest BCUT2D eigenvalue weighted by Gasteiger charge is 2.29. The molecular formula is C19H19N3O2S. The maximum Gasteiger partial charge on any atom is 0.230 e. The molecule has 1 saturated carbocycles. The Hall–Kier alpha value is -2.47. The normalized spacial score (nSPS) is 13.8. The van der Waals surface area contributed by atoms with Crippen LogP contribution in [0.25, 0.3) is 11.3 Å². The maximum absolute atomic E-state index is 12.1. The van der Waals surface area contributed by atoms with Crippen molar-refractivity contribution in [2.45, 2.75) is 30.6 Å². The standard InChI is InChI=1S/C19H19N3O2S/c23-18(20-11-16-7-4-10-24-16)13-25-19-21-12-17(22(19)15-8-9-15)14-5-2-1-3-6-14/h1-7,10,12,15H,8-9,11,13H2,(H,20,23). The van der Waals surface area contributed by atoms with Gasteiger partial charge in [0.15, 0.2) is 5.16 Å². The van der Waals surface area contributed by atoms with Crippen molar-refractivity contribution in [1.82, 2.24) is 14.9 Å². The topological polar surface area (TPSA) is 60.1 Å². The molecule has 4 rings (SSSR count). The van der Waals surface area contributed by atoms with Crippen molar-refractivity contribution in [2.75, 3.05) is 5.75 Å². The Bertz CT molecular complexity index is 839. The van der Waals surface area contributed by atoms with E-state index in [0.717, 1.165) is 22.2 Å². The fraction of sp³-hybridized carbons (Fsp3) is 0.263. The van der Waals surface area contributed by atoms with E-state index in [-0.39, 0.29) is 5.91 Å². The van der Waals surface area contributed by atoms with Crippen LogP contribution in [-0.2, 0) is 11.3 Å². The van der Waals surface area contributed by atoms with Crippen LogP contribution in [0.3, 0.4) is 0 Å². The quantitative estimate of drug-likeness (QED) is 0.655. The van der Waals surface area contributed by atoms with Crippen LogP contribution in [0, 0.1) is 0 Å². The van der Waals surface area contributed by atoms with Gasteiger partial charge < -0.3 is 14.3 Å². The third-order valence-electron chi connectivity index (χ3n) is 4.12. The van der Waals surface area contributed by atoms with Gasteiger partial charge in [0.1, 0.15) is 5.76 Å². The van der Waals surface area contributed by atoms with Gasteiger partial charge in [-0.15, -0.1) is 0 Å². The van der Waals surface area contributed by atoms with E-state index in [2.05, 4.69) is 27.0 Å². The van der Waals surface area contributed by atoms with E-state index in [1.807, 2.05) is 36.5 Å². The minimum atomic E-state index is -0.0204. The van der Waals surface area contributed by atoms with Crippen LogP contribution in [0.15, 0.2) is 64.5 Å². The number of carbonyl (C=O) groups excluding carboxylic acids is 1. The van der Waals surface area contributed by atoms with Gasteiger partial charge >= 0.3 is 0 Å². The number of nitrogens with one attached hydrogen (secondary N) is 1. The molecule has 2 aromatic heterocycles. The zero-order chi connectivity index (χ0) is 17.1. The van der Waals surface area contributed by atoms with E-state index in [4.69, 9.17) is 4.42 Å². The highest BCUT2D eigenvalue weighted by Crippen LogP contribution is 2.41. The lowest BCUT2D eigenvalue weighted by molar-refractivity contribution is -0.118. The average Bonchev–Trinajstić information content (AvgIpc) is 3.18. The van der Waals surface area contributed by atoms with Crippen molar-refractivity contribution < 1.29 is 9.21 Å². The van der Waals surface area contributed by atoms with Gasteiger partial charge in [-0.1, -0.05) is 42.1 Å². The summed E-state index contributed by atoms with van der Waals surface area (Å²) in [7, 11) is 0. The first-order valence-electron chi connectivity index (χ1n) is 8.36. The minimum Gasteiger partial charge on any atom is -0.467 e. The van der Waals surface area contributed by atoms with Gasteiger partial charge in [-0.2, -0.15) is 0 Å². The monoisotopic (exact) mass is 353 g/mol. The molecule has 0 radical (unpaired) electrons. The number of hydrogen-bond donors (Lipinski definition) is 1. The predicted molar refractivity (Wildman–Crippen MR) is 97.2 cm³/mol. The van der Waals surface area contributed by atoms with Crippen molar-refractivity contribution in [2.24, 2.45) is 0 Å². The SMILES string of the molecule is O=C(CSc1ncc(-c2ccccc2)n1C1CC1)NCc1ccco1. The first-order chi connectivity index (χ1) is 12.3. The van der Waals surface area contributed by atoms with Crippen molar-refractivity contribution in [1.29, 1.82) is 0 Å². The summed E-state index contributed by atoms with van der Waals surface area (Å²) in [6.07, 6.45) is 5.87.